The number of carbonyl (C=O) groups excluding carboxylic acids is 1. The number of likely N-dealkylation sites (tertiary alicyclic amines) is 1. The number of carboxylic acid groups (broad SMARTS) is 1. The summed E-state index contributed by atoms with van der Waals surface area (Å²) >= 11 is 0. The van der Waals surface area contributed by atoms with Gasteiger partial charge in [0.05, 0.1) is 41.5 Å². The number of carbonyl (C=O) groups is 2. The van der Waals surface area contributed by atoms with Crippen molar-refractivity contribution in [3.8, 4) is 23.1 Å². The maximum absolute atomic E-state index is 15.2. The van der Waals surface area contributed by atoms with Gasteiger partial charge in [-0.2, -0.15) is 5.26 Å². The number of aryl methyl sites for hydroxylation is 1. The average Bonchev–Trinajstić information content (AvgIpc) is 3.76. The first-order valence-corrected chi connectivity index (χ1v) is 22.8. The Morgan fingerprint density at radius 1 is 0.955 bits per heavy atom. The zero-order chi connectivity index (χ0) is 46.1. The first-order chi connectivity index (χ1) is 31.7. The second-order valence-electron chi connectivity index (χ2n) is 19.5. The Morgan fingerprint density at radius 2 is 1.73 bits per heavy atom. The summed E-state index contributed by atoms with van der Waals surface area (Å²) in [6.07, 6.45) is 5.87. The minimum atomic E-state index is -0.919. The zero-order valence-electron chi connectivity index (χ0n) is 37.7. The van der Waals surface area contributed by atoms with Crippen molar-refractivity contribution in [1.82, 2.24) is 38.5 Å². The highest BCUT2D eigenvalue weighted by molar-refractivity contribution is 5.95. The van der Waals surface area contributed by atoms with Crippen LogP contribution in [-0.2, 0) is 29.7 Å². The number of hydrogen-bond acceptors (Lipinski definition) is 8. The molecule has 2 fully saturated rings. The van der Waals surface area contributed by atoms with Gasteiger partial charge in [-0.05, 0) is 110 Å². The number of rotatable bonds is 9. The Bertz CT molecular complexity index is 3180. The smallest absolute Gasteiger partial charge is 0.335 e. The van der Waals surface area contributed by atoms with Crippen molar-refractivity contribution in [1.29, 1.82) is 5.26 Å². The predicted octanol–water partition coefficient (Wildman–Crippen LogP) is 8.35. The molecule has 13 nitrogen and oxygen atoms in total. The van der Waals surface area contributed by atoms with E-state index in [-0.39, 0.29) is 35.2 Å². The maximum atomic E-state index is 15.2. The Kier molecular flexibility index (Phi) is 10.7. The quantitative estimate of drug-likeness (QED) is 0.151. The van der Waals surface area contributed by atoms with E-state index in [1.54, 1.807) is 52.1 Å². The summed E-state index contributed by atoms with van der Waals surface area (Å²) in [5.41, 5.74) is 6.52. The van der Waals surface area contributed by atoms with Crippen molar-refractivity contribution in [2.75, 3.05) is 26.2 Å². The van der Waals surface area contributed by atoms with Crippen molar-refractivity contribution >= 4 is 34.1 Å². The molecule has 0 radical (unpaired) electrons. The van der Waals surface area contributed by atoms with Crippen LogP contribution in [0, 0.1) is 29.5 Å². The lowest BCUT2D eigenvalue weighted by Gasteiger charge is -2.38. The highest BCUT2D eigenvalue weighted by Crippen LogP contribution is 2.45. The summed E-state index contributed by atoms with van der Waals surface area (Å²) in [5, 5.41) is 20.5. The van der Waals surface area contributed by atoms with Crippen LogP contribution in [0.1, 0.15) is 103 Å². The van der Waals surface area contributed by atoms with Gasteiger partial charge in [0.25, 0.3) is 5.91 Å². The number of fused-ring (bicyclic) bond motifs is 4. The molecule has 66 heavy (non-hydrogen) atoms. The van der Waals surface area contributed by atoms with Crippen LogP contribution in [0.3, 0.4) is 0 Å². The van der Waals surface area contributed by atoms with E-state index in [0.717, 1.165) is 61.1 Å². The number of carboxylic acids is 1. The predicted molar refractivity (Wildman–Crippen MR) is 249 cm³/mol. The second-order valence-corrected chi connectivity index (χ2v) is 19.5. The Hall–Kier alpha value is -6.98. The Balaban J connectivity index is 0.987. The molecule has 4 aromatic heterocycles. The zero-order valence-corrected chi connectivity index (χ0v) is 37.7. The Morgan fingerprint density at radius 3 is 2.41 bits per heavy atom. The third-order valence-corrected chi connectivity index (χ3v) is 14.0. The first kappa shape index (κ1) is 42.9. The van der Waals surface area contributed by atoms with Crippen LogP contribution in [0.4, 0.5) is 4.39 Å². The molecule has 1 saturated carbocycles. The highest BCUT2D eigenvalue weighted by Gasteiger charge is 2.46. The molecule has 1 saturated heterocycles. The molecule has 0 unspecified atom stereocenters. The number of aliphatic carboxylic acids is 1. The number of pyridine rings is 1. The molecule has 6 heterocycles. The van der Waals surface area contributed by atoms with Gasteiger partial charge in [0, 0.05) is 66.2 Å². The van der Waals surface area contributed by atoms with Gasteiger partial charge in [0.15, 0.2) is 11.5 Å². The largest absolute Gasteiger partial charge is 0.481 e. The molecule has 0 atom stereocenters. The van der Waals surface area contributed by atoms with Crippen LogP contribution in [0.5, 0.6) is 0 Å². The lowest BCUT2D eigenvalue weighted by molar-refractivity contribution is -0.147. The standard InChI is InChI=1S/C52H52FN9O4/c1-32-44-47(57-45(56-32)35-8-5-9-37(27-35)52(49(64)65)20-7-21-52)62(39-17-23-58(24-18-39)31-51(2,3)4)50(66)61(44)38-15-13-34(14-16-38)48(63)59-25-19-40-41-10-6-22-55-46(41)60(43(40)30-59)29-36-12-11-33(28-54)26-42(36)53/h5-6,8-16,22,26-27,39H,7,17-21,23-25,29-31H2,1-4H3,(H,64,65). The summed E-state index contributed by atoms with van der Waals surface area (Å²) in [4.78, 5) is 60.7. The molecule has 14 heteroatoms. The van der Waals surface area contributed by atoms with Crippen LogP contribution in [-0.4, -0.2) is 81.6 Å². The number of piperidine rings is 1. The van der Waals surface area contributed by atoms with Crippen molar-refractivity contribution in [3.05, 3.63) is 141 Å². The molecule has 1 aliphatic carbocycles. The fourth-order valence-corrected chi connectivity index (χ4v) is 10.5. The van der Waals surface area contributed by atoms with E-state index in [2.05, 4.69) is 30.7 Å². The number of nitrogens with zero attached hydrogens (tertiary/aromatic N) is 9. The number of halogens is 1. The van der Waals surface area contributed by atoms with E-state index in [4.69, 9.17) is 9.97 Å². The summed E-state index contributed by atoms with van der Waals surface area (Å²) in [6.45, 7) is 12.2. The third-order valence-electron chi connectivity index (χ3n) is 14.0. The third kappa shape index (κ3) is 7.45. The number of nitriles is 1. The summed E-state index contributed by atoms with van der Waals surface area (Å²) in [7, 11) is 0. The normalized spacial score (nSPS) is 16.6. The van der Waals surface area contributed by atoms with E-state index in [9.17, 15) is 24.8 Å². The van der Waals surface area contributed by atoms with Gasteiger partial charge < -0.3 is 19.5 Å². The lowest BCUT2D eigenvalue weighted by Crippen LogP contribution is -2.42. The molecule has 0 spiro atoms. The van der Waals surface area contributed by atoms with Crippen molar-refractivity contribution in [3.63, 3.8) is 0 Å². The Labute approximate surface area is 381 Å². The maximum Gasteiger partial charge on any atom is 0.335 e. The van der Waals surface area contributed by atoms with Crippen molar-refractivity contribution in [2.45, 2.75) is 90.8 Å². The fraction of sp³-hybridized carbons (Fsp3) is 0.365. The summed E-state index contributed by atoms with van der Waals surface area (Å²) in [5.74, 6) is -1.04. The molecule has 0 bridgehead atoms. The number of amides is 1. The van der Waals surface area contributed by atoms with E-state index in [0.29, 0.717) is 83.1 Å². The average molecular weight is 886 g/mol. The number of hydrogen-bond donors (Lipinski definition) is 1. The molecule has 1 amide bonds. The summed E-state index contributed by atoms with van der Waals surface area (Å²) < 4.78 is 20.7. The van der Waals surface area contributed by atoms with Gasteiger partial charge in [-0.15, -0.1) is 0 Å². The minimum Gasteiger partial charge on any atom is -0.481 e. The van der Waals surface area contributed by atoms with E-state index in [1.807, 2.05) is 58.5 Å². The first-order valence-electron chi connectivity index (χ1n) is 22.8. The lowest BCUT2D eigenvalue weighted by atomic mass is 9.64. The van der Waals surface area contributed by atoms with E-state index >= 15 is 4.39 Å². The van der Waals surface area contributed by atoms with Gasteiger partial charge >= 0.3 is 11.7 Å². The van der Waals surface area contributed by atoms with E-state index < -0.39 is 17.2 Å². The molecular weight excluding hydrogens is 834 g/mol. The highest BCUT2D eigenvalue weighted by atomic mass is 19.1. The number of imidazole rings is 1. The minimum absolute atomic E-state index is 0.111. The van der Waals surface area contributed by atoms with Gasteiger partial charge in [0.1, 0.15) is 17.0 Å². The SMILES string of the molecule is Cc1nc(-c2cccc(C3(C(=O)O)CCC3)c2)nc2c1n(-c1ccc(C(=O)N3CCc4c(n(Cc5ccc(C#N)cc5F)c5ncccc45)C3)cc1)c(=O)n2C1CCN(CC(C)(C)C)CC1. The topological polar surface area (TPSA) is 155 Å². The molecule has 10 rings (SSSR count). The van der Waals surface area contributed by atoms with Gasteiger partial charge in [-0.25, -0.2) is 24.1 Å². The number of aromatic nitrogens is 6. The van der Waals surface area contributed by atoms with E-state index in [1.165, 1.54) is 6.07 Å². The van der Waals surface area contributed by atoms with Gasteiger partial charge in [0.2, 0.25) is 0 Å². The van der Waals surface area contributed by atoms with Gasteiger partial charge in [-0.3, -0.25) is 18.7 Å². The molecule has 7 aromatic rings. The number of benzene rings is 3. The van der Waals surface area contributed by atoms with Crippen LogP contribution in [0.25, 0.3) is 39.3 Å². The van der Waals surface area contributed by atoms with Crippen LogP contribution in [0.2, 0.25) is 0 Å². The van der Waals surface area contributed by atoms with Crippen LogP contribution >= 0.6 is 0 Å². The fourth-order valence-electron chi connectivity index (χ4n) is 10.5. The van der Waals surface area contributed by atoms with Crippen LogP contribution in [0.15, 0.2) is 89.9 Å². The van der Waals surface area contributed by atoms with Crippen LogP contribution < -0.4 is 5.69 Å². The molecule has 3 aliphatic rings. The molecule has 1 N–H and O–H groups in total. The molecule has 336 valence electrons. The summed E-state index contributed by atoms with van der Waals surface area (Å²) in [6, 6.07) is 24.9. The van der Waals surface area contributed by atoms with Gasteiger partial charge in [-0.1, -0.05) is 51.5 Å². The molecule has 2 aliphatic heterocycles. The monoisotopic (exact) mass is 885 g/mol. The van der Waals surface area contributed by atoms with Crippen molar-refractivity contribution in [2.24, 2.45) is 5.41 Å². The molecule has 3 aromatic carbocycles. The molecular formula is C52H52FN9O4. The van der Waals surface area contributed by atoms with Crippen molar-refractivity contribution < 1.29 is 19.1 Å². The second kappa shape index (κ2) is 16.5.